The number of pyridine rings is 2. The van der Waals surface area contributed by atoms with Crippen LogP contribution >= 0.6 is 15.9 Å². The highest BCUT2D eigenvalue weighted by Gasteiger charge is 2.50. The number of nitrogens with zero attached hydrogens (tertiary/aromatic N) is 2. The lowest BCUT2D eigenvalue weighted by atomic mass is 9.85. The van der Waals surface area contributed by atoms with Crippen LogP contribution in [0.15, 0.2) is 39.6 Å². The molecule has 1 aromatic carbocycles. The van der Waals surface area contributed by atoms with Crippen molar-refractivity contribution in [1.82, 2.24) is 14.9 Å². The summed E-state index contributed by atoms with van der Waals surface area (Å²) < 4.78 is 43.7. The number of Topliss-reactive ketones (excluding diaryl/α,β-unsaturated/α-hetero) is 1. The number of benzene rings is 1. The molecule has 0 saturated carbocycles. The number of ether oxygens (including phenoxy) is 2. The Labute approximate surface area is 318 Å². The number of carbonyl (C=O) groups excluding carboxylic acids is 5. The van der Waals surface area contributed by atoms with Crippen LogP contribution in [0.1, 0.15) is 88.8 Å². The molecule has 0 aliphatic carbocycles. The number of carbonyl (C=O) groups is 5. The Kier molecular flexibility index (Phi) is 12.4. The Morgan fingerprint density at radius 2 is 1.89 bits per heavy atom. The van der Waals surface area contributed by atoms with E-state index in [0.29, 0.717) is 29.7 Å². The molecule has 54 heavy (non-hydrogen) atoms. The van der Waals surface area contributed by atoms with Crippen LogP contribution in [0.25, 0.3) is 22.3 Å². The van der Waals surface area contributed by atoms with Gasteiger partial charge in [0, 0.05) is 46.2 Å². The highest BCUT2D eigenvalue weighted by molar-refractivity contribution is 9.10. The van der Waals surface area contributed by atoms with Gasteiger partial charge in [-0.3, -0.25) is 24.0 Å². The molecule has 3 atom stereocenters. The molecule has 2 aromatic heterocycles. The number of primary amides is 1. The molecule has 3 aromatic rings. The van der Waals surface area contributed by atoms with Gasteiger partial charge in [-0.15, -0.1) is 0 Å². The predicted octanol–water partition coefficient (Wildman–Crippen LogP) is 4.53. The van der Waals surface area contributed by atoms with Gasteiger partial charge >= 0.3 is 11.9 Å². The molecule has 0 saturated heterocycles. The van der Waals surface area contributed by atoms with Gasteiger partial charge in [-0.2, -0.15) is 0 Å². The molecule has 2 aliphatic heterocycles. The molecule has 13 nitrogen and oxygen atoms in total. The predicted molar refractivity (Wildman–Crippen MR) is 197 cm³/mol. The first-order valence-corrected chi connectivity index (χ1v) is 18.7. The van der Waals surface area contributed by atoms with Crippen molar-refractivity contribution in [2.24, 2.45) is 23.3 Å². The number of cyclic esters (lactones) is 1. The van der Waals surface area contributed by atoms with E-state index in [4.69, 9.17) is 25.9 Å². The maximum absolute atomic E-state index is 15.1. The van der Waals surface area contributed by atoms with Gasteiger partial charge in [-0.1, -0.05) is 49.2 Å². The Hall–Kier alpha value is -4.57. The zero-order valence-corrected chi connectivity index (χ0v) is 31.9. The van der Waals surface area contributed by atoms with Crippen LogP contribution in [0.3, 0.4) is 0 Å². The van der Waals surface area contributed by atoms with E-state index in [-0.39, 0.29) is 55.9 Å². The summed E-state index contributed by atoms with van der Waals surface area (Å²) in [4.78, 5) is 82.0. The molecule has 5 N–H and O–H groups in total. The van der Waals surface area contributed by atoms with Gasteiger partial charge in [-0.05, 0) is 49.4 Å². The van der Waals surface area contributed by atoms with E-state index < -0.39 is 78.0 Å². The molecule has 5 rings (SSSR count). The zero-order chi connectivity index (χ0) is 39.5. The number of hydrogen-bond acceptors (Lipinski definition) is 10. The monoisotopic (exact) mass is 815 g/mol. The van der Waals surface area contributed by atoms with E-state index in [2.05, 4.69) is 21.2 Å². The Morgan fingerprint density at radius 3 is 2.57 bits per heavy atom. The summed E-state index contributed by atoms with van der Waals surface area (Å²) in [6, 6.07) is 8.22. The van der Waals surface area contributed by atoms with Crippen LogP contribution in [0.2, 0.25) is 0 Å². The summed E-state index contributed by atoms with van der Waals surface area (Å²) >= 11 is 3.53. The maximum atomic E-state index is 15.1. The molecule has 2 aliphatic rings. The topological polar surface area (TPSA) is 203 Å². The van der Waals surface area contributed by atoms with Crippen molar-refractivity contribution >= 4 is 56.4 Å². The van der Waals surface area contributed by atoms with Crippen molar-refractivity contribution in [2.75, 3.05) is 6.54 Å². The molecule has 290 valence electrons. The van der Waals surface area contributed by atoms with Crippen molar-refractivity contribution in [2.45, 2.75) is 103 Å². The largest absolute Gasteiger partial charge is 0.457 e. The summed E-state index contributed by atoms with van der Waals surface area (Å²) in [7, 11) is 0. The Morgan fingerprint density at radius 1 is 1.15 bits per heavy atom. The second-order valence-corrected chi connectivity index (χ2v) is 15.1. The average molecular weight is 817 g/mol. The first kappa shape index (κ1) is 40.6. The third-order valence-electron chi connectivity index (χ3n) is 10.1. The van der Waals surface area contributed by atoms with Crippen molar-refractivity contribution in [1.29, 1.82) is 0 Å². The van der Waals surface area contributed by atoms with E-state index in [1.54, 1.807) is 26.8 Å². The van der Waals surface area contributed by atoms with Crippen molar-refractivity contribution in [3.05, 3.63) is 61.8 Å². The highest BCUT2D eigenvalue weighted by atomic mass is 79.9. The summed E-state index contributed by atoms with van der Waals surface area (Å²) in [5, 5.41) is 3.05. The molecule has 0 bridgehead atoms. The van der Waals surface area contributed by atoms with E-state index in [9.17, 15) is 28.8 Å². The first-order valence-electron chi connectivity index (χ1n) is 17.9. The summed E-state index contributed by atoms with van der Waals surface area (Å²) in [5.74, 6) is -8.52. The Bertz CT molecular complexity index is 2050. The number of nitrogens with one attached hydrogen (secondary N) is 1. The quantitative estimate of drug-likeness (QED) is 0.100. The number of hydrogen-bond donors (Lipinski definition) is 3. The minimum atomic E-state index is -3.58. The fourth-order valence-electron chi connectivity index (χ4n) is 6.87. The normalized spacial score (nSPS) is 17.3. The third-order valence-corrected chi connectivity index (χ3v) is 10.8. The SMILES string of the molecule is CC[C@@]1(OC(=O)CCC(F)(F)CNC(=O)[C@H](CCCCC(N)=O)CC(=O)[C@@H](N)C(C)C)C(=O)OCc2c1cc1n(c2=O)Cc2cc3c(Br)cccc3nc2-1. The van der Waals surface area contributed by atoms with Gasteiger partial charge in [0.05, 0.1) is 48.0 Å². The van der Waals surface area contributed by atoms with Crippen LogP contribution in [0, 0.1) is 11.8 Å². The number of halogens is 3. The number of esters is 2. The van der Waals surface area contributed by atoms with Crippen LogP contribution in [0.5, 0.6) is 0 Å². The molecule has 0 fully saturated rings. The smallest absolute Gasteiger partial charge is 0.355 e. The molecule has 0 unspecified atom stereocenters. The molecule has 4 heterocycles. The fraction of sp³-hybridized carbons (Fsp3) is 0.500. The number of unbranched alkanes of at least 4 members (excludes halogenated alkanes) is 1. The number of fused-ring (bicyclic) bond motifs is 5. The lowest BCUT2D eigenvalue weighted by Crippen LogP contribution is -2.47. The van der Waals surface area contributed by atoms with Crippen molar-refractivity contribution in [3.63, 3.8) is 0 Å². The lowest BCUT2D eigenvalue weighted by molar-refractivity contribution is -0.190. The van der Waals surface area contributed by atoms with Crippen LogP contribution in [-0.4, -0.2) is 57.6 Å². The minimum Gasteiger partial charge on any atom is -0.457 e. The van der Waals surface area contributed by atoms with E-state index in [1.807, 2.05) is 24.3 Å². The molecule has 0 radical (unpaired) electrons. The summed E-state index contributed by atoms with van der Waals surface area (Å²) in [5.41, 5.74) is 11.2. The van der Waals surface area contributed by atoms with E-state index in [0.717, 1.165) is 15.4 Å². The van der Waals surface area contributed by atoms with Crippen molar-refractivity contribution < 1.29 is 42.2 Å². The number of amides is 2. The average Bonchev–Trinajstić information content (AvgIpc) is 3.49. The Balaban J connectivity index is 1.29. The van der Waals surface area contributed by atoms with Gasteiger partial charge in [0.1, 0.15) is 6.61 Å². The lowest BCUT2D eigenvalue weighted by Gasteiger charge is -2.35. The number of ketones is 1. The number of aromatic nitrogens is 2. The maximum Gasteiger partial charge on any atom is 0.355 e. The van der Waals surface area contributed by atoms with Crippen LogP contribution in [0.4, 0.5) is 8.78 Å². The van der Waals surface area contributed by atoms with Gasteiger partial charge in [0.15, 0.2) is 5.78 Å². The molecule has 2 amide bonds. The molecular formula is C38H44BrF2N5O8. The number of alkyl halides is 2. The standard InChI is InChI=1S/C38H44BrF2N5O8/c1-4-38(25-16-28-33-22(14-23-26(39)9-7-10-27(23)45-33)17-46(28)35(51)24(25)18-53-36(38)52)54-31(49)12-13-37(40,41)19-44-34(50)21(8-5-6-11-30(42)48)15-29(47)32(43)20(2)3/h7,9-10,14,16,20-21,32H,4-6,8,11-13,15,17-19,43H2,1-3H3,(H2,42,48)(H,44,50)/t21-,32+,38+/m1/s1. The second-order valence-electron chi connectivity index (χ2n) is 14.3. The molecule has 16 heteroatoms. The van der Waals surface area contributed by atoms with Crippen LogP contribution < -0.4 is 22.3 Å². The number of rotatable bonds is 17. The van der Waals surface area contributed by atoms with Crippen LogP contribution in [-0.2, 0) is 52.2 Å². The second kappa shape index (κ2) is 16.4. The van der Waals surface area contributed by atoms with E-state index in [1.165, 1.54) is 4.57 Å². The molecule has 0 spiro atoms. The van der Waals surface area contributed by atoms with Gasteiger partial charge in [-0.25, -0.2) is 18.6 Å². The van der Waals surface area contributed by atoms with Gasteiger partial charge in [0.2, 0.25) is 17.4 Å². The van der Waals surface area contributed by atoms with Gasteiger partial charge < -0.3 is 30.8 Å². The number of nitrogens with two attached hydrogens (primary N) is 2. The first-order chi connectivity index (χ1) is 25.5. The van der Waals surface area contributed by atoms with Gasteiger partial charge in [0.25, 0.3) is 11.5 Å². The fourth-order valence-corrected chi connectivity index (χ4v) is 7.34. The third kappa shape index (κ3) is 8.54. The van der Waals surface area contributed by atoms with Crippen molar-refractivity contribution in [3.8, 4) is 11.4 Å². The zero-order valence-electron chi connectivity index (χ0n) is 30.3. The molecular weight excluding hydrogens is 772 g/mol. The summed E-state index contributed by atoms with van der Waals surface area (Å²) in [6.45, 7) is 3.78. The highest BCUT2D eigenvalue weighted by Crippen LogP contribution is 2.41. The van der Waals surface area contributed by atoms with E-state index >= 15 is 8.78 Å². The minimum absolute atomic E-state index is 0.0741. The summed E-state index contributed by atoms with van der Waals surface area (Å²) in [6.07, 6.45) is -1.36.